The number of carbonyl (C=O) groups is 1. The highest BCUT2D eigenvalue weighted by Crippen LogP contribution is 2.32. The van der Waals surface area contributed by atoms with Gasteiger partial charge in [-0.25, -0.2) is 0 Å². The van der Waals surface area contributed by atoms with Gasteiger partial charge in [0, 0.05) is 27.7 Å². The molecule has 4 rings (SSSR count). The molecule has 2 heterocycles. The molecule has 0 spiro atoms. The number of rotatable bonds is 1. The summed E-state index contributed by atoms with van der Waals surface area (Å²) < 4.78 is 5.64. The van der Waals surface area contributed by atoms with E-state index in [1.165, 1.54) is 0 Å². The summed E-state index contributed by atoms with van der Waals surface area (Å²) in [5, 5.41) is 1.21. The van der Waals surface area contributed by atoms with Crippen molar-refractivity contribution in [2.24, 2.45) is 9.98 Å². The number of aliphatic imine (C=N–C) groups is 2. The zero-order valence-corrected chi connectivity index (χ0v) is 15.3. The fraction of sp³-hybridized carbons (Fsp3) is 0.211. The van der Waals surface area contributed by atoms with Gasteiger partial charge in [0.25, 0.3) is 11.9 Å². The van der Waals surface area contributed by atoms with Crippen LogP contribution in [-0.4, -0.2) is 37.3 Å². The van der Waals surface area contributed by atoms with Crippen molar-refractivity contribution >= 4 is 46.5 Å². The highest BCUT2D eigenvalue weighted by Gasteiger charge is 2.27. The quantitative estimate of drug-likeness (QED) is 0.743. The highest BCUT2D eigenvalue weighted by molar-refractivity contribution is 6.36. The normalized spacial score (nSPS) is 17.0. The lowest BCUT2D eigenvalue weighted by molar-refractivity contribution is -0.119. The molecule has 0 saturated heterocycles. The molecule has 0 N–H and O–H groups in total. The van der Waals surface area contributed by atoms with Crippen LogP contribution in [0.25, 0.3) is 0 Å². The van der Waals surface area contributed by atoms with Gasteiger partial charge in [-0.1, -0.05) is 41.4 Å². The van der Waals surface area contributed by atoms with Gasteiger partial charge in [-0.2, -0.15) is 4.99 Å². The van der Waals surface area contributed by atoms with Crippen molar-refractivity contribution in [2.45, 2.75) is 6.42 Å². The van der Waals surface area contributed by atoms with Crippen LogP contribution in [0.4, 0.5) is 5.69 Å². The fourth-order valence-electron chi connectivity index (χ4n) is 3.05. The fourth-order valence-corrected chi connectivity index (χ4v) is 3.44. The second kappa shape index (κ2) is 7.09. The molecule has 0 bridgehead atoms. The first kappa shape index (κ1) is 17.1. The van der Waals surface area contributed by atoms with Crippen molar-refractivity contribution in [3.8, 4) is 0 Å². The molecule has 0 atom stereocenters. The van der Waals surface area contributed by atoms with E-state index in [4.69, 9.17) is 32.9 Å². The molecule has 26 heavy (non-hydrogen) atoms. The van der Waals surface area contributed by atoms with Crippen molar-refractivity contribution in [2.75, 3.05) is 24.6 Å². The topological polar surface area (TPSA) is 54.3 Å². The summed E-state index contributed by atoms with van der Waals surface area (Å²) in [5.41, 5.74) is 3.26. The lowest BCUT2D eigenvalue weighted by Crippen LogP contribution is -2.38. The number of ether oxygens (including phenoxy) is 1. The van der Waals surface area contributed by atoms with E-state index in [2.05, 4.69) is 4.99 Å². The Bertz CT molecular complexity index is 940. The zero-order valence-electron chi connectivity index (χ0n) is 13.8. The number of benzodiazepines with no additional fused rings is 1. The smallest absolute Gasteiger partial charge is 0.299 e. The van der Waals surface area contributed by atoms with Gasteiger partial charge < -0.3 is 4.74 Å². The van der Waals surface area contributed by atoms with Gasteiger partial charge in [0.1, 0.15) is 6.61 Å². The minimum Gasteiger partial charge on any atom is -0.464 e. The molecule has 0 aromatic heterocycles. The molecule has 2 aliphatic rings. The van der Waals surface area contributed by atoms with E-state index in [0.717, 1.165) is 22.5 Å². The van der Waals surface area contributed by atoms with Crippen LogP contribution in [0.2, 0.25) is 10.0 Å². The summed E-state index contributed by atoms with van der Waals surface area (Å²) in [5.74, 6) is -0.182. The predicted molar refractivity (Wildman–Crippen MR) is 104 cm³/mol. The summed E-state index contributed by atoms with van der Waals surface area (Å²) in [7, 11) is 0. The Morgan fingerprint density at radius 2 is 1.92 bits per heavy atom. The lowest BCUT2D eigenvalue weighted by Gasteiger charge is -2.27. The third-order valence-electron chi connectivity index (χ3n) is 4.23. The maximum absolute atomic E-state index is 11.7. The number of halogens is 2. The first-order valence-electron chi connectivity index (χ1n) is 8.24. The summed E-state index contributed by atoms with van der Waals surface area (Å²) in [4.78, 5) is 22.4. The van der Waals surface area contributed by atoms with Crippen molar-refractivity contribution in [1.29, 1.82) is 0 Å². The molecule has 0 radical (unpaired) electrons. The van der Waals surface area contributed by atoms with Gasteiger partial charge in [-0.05, 0) is 24.3 Å². The largest absolute Gasteiger partial charge is 0.464 e. The van der Waals surface area contributed by atoms with Gasteiger partial charge in [-0.3, -0.25) is 14.7 Å². The van der Waals surface area contributed by atoms with E-state index in [1.807, 2.05) is 41.3 Å². The van der Waals surface area contributed by atoms with Crippen LogP contribution in [0, 0.1) is 0 Å². The third kappa shape index (κ3) is 3.20. The van der Waals surface area contributed by atoms with E-state index < -0.39 is 0 Å². The van der Waals surface area contributed by atoms with E-state index in [1.54, 1.807) is 6.07 Å². The van der Waals surface area contributed by atoms with Crippen LogP contribution in [0.1, 0.15) is 17.5 Å². The third-order valence-corrected chi connectivity index (χ3v) is 4.79. The van der Waals surface area contributed by atoms with Crippen molar-refractivity contribution in [3.63, 3.8) is 0 Å². The Morgan fingerprint density at radius 3 is 2.73 bits per heavy atom. The van der Waals surface area contributed by atoms with Gasteiger partial charge >= 0.3 is 0 Å². The molecule has 0 fully saturated rings. The molecule has 7 heteroatoms. The molecular weight excluding hydrogens is 373 g/mol. The van der Waals surface area contributed by atoms with Crippen LogP contribution < -0.4 is 4.90 Å². The summed E-state index contributed by atoms with van der Waals surface area (Å²) >= 11 is 12.7. The SMILES string of the molecule is O=C1CCOC(N2CCN=C(c3ccccc3Cl)c3cc(Cl)ccc32)=N1. The average Bonchev–Trinajstić information content (AvgIpc) is 2.81. The Balaban J connectivity index is 1.86. The van der Waals surface area contributed by atoms with Crippen LogP contribution in [-0.2, 0) is 9.53 Å². The predicted octanol–water partition coefficient (Wildman–Crippen LogP) is 3.95. The van der Waals surface area contributed by atoms with Gasteiger partial charge in [0.05, 0.1) is 24.4 Å². The number of benzene rings is 2. The Morgan fingerprint density at radius 1 is 1.08 bits per heavy atom. The van der Waals surface area contributed by atoms with Crippen LogP contribution in [0.15, 0.2) is 52.4 Å². The Labute approximate surface area is 160 Å². The van der Waals surface area contributed by atoms with Crippen molar-refractivity contribution < 1.29 is 9.53 Å². The van der Waals surface area contributed by atoms with Crippen LogP contribution >= 0.6 is 23.2 Å². The van der Waals surface area contributed by atoms with E-state index >= 15 is 0 Å². The molecule has 5 nitrogen and oxygen atoms in total. The number of hydrogen-bond donors (Lipinski definition) is 0. The molecular formula is C19H15Cl2N3O2. The Kier molecular flexibility index (Phi) is 4.66. The van der Waals surface area contributed by atoms with E-state index in [-0.39, 0.29) is 5.91 Å². The second-order valence-electron chi connectivity index (χ2n) is 5.91. The van der Waals surface area contributed by atoms with Gasteiger partial charge in [-0.15, -0.1) is 0 Å². The van der Waals surface area contributed by atoms with Crippen molar-refractivity contribution in [1.82, 2.24) is 0 Å². The minimum absolute atomic E-state index is 0.182. The standard InChI is InChI=1S/C19H15Cl2N3O2/c20-12-5-6-16-14(11-12)18(13-3-1-2-4-15(13)21)22-8-9-24(16)19-23-17(25)7-10-26-19/h1-6,11H,7-10H2. The molecule has 2 aliphatic heterocycles. The summed E-state index contributed by atoms with van der Waals surface area (Å²) in [6.45, 7) is 1.37. The van der Waals surface area contributed by atoms with Gasteiger partial charge in [0.15, 0.2) is 0 Å². The number of fused-ring (bicyclic) bond motifs is 1. The number of hydrogen-bond acceptors (Lipinski definition) is 4. The van der Waals surface area contributed by atoms with E-state index in [9.17, 15) is 4.79 Å². The van der Waals surface area contributed by atoms with E-state index in [0.29, 0.717) is 42.2 Å². The summed E-state index contributed by atoms with van der Waals surface area (Å²) in [6, 6.07) is 13.4. The van der Waals surface area contributed by atoms with Crippen LogP contribution in [0.3, 0.4) is 0 Å². The molecule has 1 amide bonds. The zero-order chi connectivity index (χ0) is 18.1. The summed E-state index contributed by atoms with van der Waals surface area (Å²) in [6.07, 6.45) is 0.298. The maximum Gasteiger partial charge on any atom is 0.299 e. The molecule has 0 aliphatic carbocycles. The number of anilines is 1. The molecule has 2 aromatic carbocycles. The maximum atomic E-state index is 11.7. The molecule has 132 valence electrons. The highest BCUT2D eigenvalue weighted by atomic mass is 35.5. The van der Waals surface area contributed by atoms with Crippen molar-refractivity contribution in [3.05, 3.63) is 63.6 Å². The number of carbonyl (C=O) groups excluding carboxylic acids is 1. The first-order valence-corrected chi connectivity index (χ1v) is 9.00. The number of amidine groups is 1. The molecule has 0 unspecified atom stereocenters. The first-order chi connectivity index (χ1) is 12.6. The monoisotopic (exact) mass is 387 g/mol. The van der Waals surface area contributed by atoms with Gasteiger partial charge in [0.2, 0.25) is 0 Å². The lowest BCUT2D eigenvalue weighted by atomic mass is 10.00. The molecule has 2 aromatic rings. The van der Waals surface area contributed by atoms with Crippen LogP contribution in [0.5, 0.6) is 0 Å². The average molecular weight is 388 g/mol. The Hall–Kier alpha value is -2.37. The number of amides is 1. The minimum atomic E-state index is -0.182. The molecule has 0 saturated carbocycles. The number of nitrogens with zero attached hydrogens (tertiary/aromatic N) is 3. The second-order valence-corrected chi connectivity index (χ2v) is 6.75.